The molecule has 9 nitrogen and oxygen atoms in total. The summed E-state index contributed by atoms with van der Waals surface area (Å²) >= 11 is 5.97. The molecule has 0 radical (unpaired) electrons. The number of anilines is 2. The molecule has 10 heteroatoms. The third-order valence-electron chi connectivity index (χ3n) is 4.33. The van der Waals surface area contributed by atoms with Crippen LogP contribution >= 0.6 is 11.6 Å². The number of hydrogen-bond donors (Lipinski definition) is 2. The monoisotopic (exact) mass is 434 g/mol. The van der Waals surface area contributed by atoms with Crippen LogP contribution in [0.3, 0.4) is 0 Å². The van der Waals surface area contributed by atoms with Crippen LogP contribution in [0, 0.1) is 17.0 Å². The largest absolute Gasteiger partial charge is 0.494 e. The van der Waals surface area contributed by atoms with Gasteiger partial charge in [0.2, 0.25) is 11.8 Å². The Bertz CT molecular complexity index is 951. The number of amides is 2. The van der Waals surface area contributed by atoms with Crippen LogP contribution in [0.2, 0.25) is 5.02 Å². The number of aryl methyl sites for hydroxylation is 1. The first-order valence-electron chi connectivity index (χ1n) is 9.14. The highest BCUT2D eigenvalue weighted by atomic mass is 35.5. The third kappa shape index (κ3) is 6.43. The summed E-state index contributed by atoms with van der Waals surface area (Å²) < 4.78 is 5.11. The molecule has 0 aliphatic heterocycles. The summed E-state index contributed by atoms with van der Waals surface area (Å²) in [5.74, 6) is -0.478. The van der Waals surface area contributed by atoms with Gasteiger partial charge in [-0.3, -0.25) is 24.6 Å². The van der Waals surface area contributed by atoms with E-state index in [0.29, 0.717) is 22.9 Å². The lowest BCUT2D eigenvalue weighted by Crippen LogP contribution is -2.38. The fourth-order valence-corrected chi connectivity index (χ4v) is 2.86. The SMILES string of the molecule is CCN(CC(=O)Nc1cc(Cl)ccc1C)CC(=O)Nc1ccc([N+](=O)[O-])cc1OC. The summed E-state index contributed by atoms with van der Waals surface area (Å²) in [4.78, 5) is 36.8. The zero-order valence-corrected chi connectivity index (χ0v) is 17.7. The molecule has 160 valence electrons. The van der Waals surface area contributed by atoms with E-state index in [9.17, 15) is 19.7 Å². The van der Waals surface area contributed by atoms with Gasteiger partial charge in [0.1, 0.15) is 5.75 Å². The summed E-state index contributed by atoms with van der Waals surface area (Å²) in [6.07, 6.45) is 0. The summed E-state index contributed by atoms with van der Waals surface area (Å²) in [5, 5.41) is 16.8. The molecular formula is C20H23ClN4O5. The highest BCUT2D eigenvalue weighted by Gasteiger charge is 2.17. The normalized spacial score (nSPS) is 10.6. The van der Waals surface area contributed by atoms with E-state index in [1.54, 1.807) is 23.1 Å². The smallest absolute Gasteiger partial charge is 0.273 e. The summed E-state index contributed by atoms with van der Waals surface area (Å²) in [7, 11) is 1.36. The third-order valence-corrected chi connectivity index (χ3v) is 4.56. The minimum Gasteiger partial charge on any atom is -0.494 e. The van der Waals surface area contributed by atoms with Gasteiger partial charge in [0.05, 0.1) is 36.9 Å². The van der Waals surface area contributed by atoms with Crippen molar-refractivity contribution in [3.05, 3.63) is 57.1 Å². The number of nitrogens with one attached hydrogen (secondary N) is 2. The zero-order chi connectivity index (χ0) is 22.3. The Morgan fingerprint density at radius 1 is 1.10 bits per heavy atom. The molecule has 0 spiro atoms. The van der Waals surface area contributed by atoms with Gasteiger partial charge in [0, 0.05) is 16.8 Å². The molecule has 0 atom stereocenters. The molecule has 0 unspecified atom stereocenters. The van der Waals surface area contributed by atoms with Crippen molar-refractivity contribution in [2.24, 2.45) is 0 Å². The number of likely N-dealkylation sites (N-methyl/N-ethyl adjacent to an activating group) is 1. The first kappa shape index (κ1) is 23.1. The molecule has 0 aliphatic rings. The Labute approximate surface area is 179 Å². The van der Waals surface area contributed by atoms with Gasteiger partial charge < -0.3 is 15.4 Å². The quantitative estimate of drug-likeness (QED) is 0.461. The summed E-state index contributed by atoms with van der Waals surface area (Å²) in [6, 6.07) is 9.12. The number of benzene rings is 2. The molecule has 0 heterocycles. The van der Waals surface area contributed by atoms with Crippen molar-refractivity contribution in [1.29, 1.82) is 0 Å². The van der Waals surface area contributed by atoms with Crippen LogP contribution in [0.4, 0.5) is 17.1 Å². The zero-order valence-electron chi connectivity index (χ0n) is 16.9. The molecule has 0 aliphatic carbocycles. The minimum absolute atomic E-state index is 0.00721. The van der Waals surface area contributed by atoms with E-state index in [1.807, 2.05) is 13.8 Å². The Balaban J connectivity index is 1.98. The molecule has 0 aromatic heterocycles. The van der Waals surface area contributed by atoms with E-state index in [-0.39, 0.29) is 36.3 Å². The van der Waals surface area contributed by atoms with E-state index >= 15 is 0 Å². The number of ether oxygens (including phenoxy) is 1. The van der Waals surface area contributed by atoms with E-state index in [2.05, 4.69) is 10.6 Å². The van der Waals surface area contributed by atoms with Crippen molar-refractivity contribution in [2.75, 3.05) is 37.4 Å². The topological polar surface area (TPSA) is 114 Å². The number of non-ortho nitro benzene ring substituents is 1. The average Bonchev–Trinajstić information content (AvgIpc) is 2.70. The number of nitro groups is 1. The van der Waals surface area contributed by atoms with Gasteiger partial charge in [-0.25, -0.2) is 0 Å². The highest BCUT2D eigenvalue weighted by Crippen LogP contribution is 2.29. The van der Waals surface area contributed by atoms with E-state index in [4.69, 9.17) is 16.3 Å². The van der Waals surface area contributed by atoms with Crippen LogP contribution < -0.4 is 15.4 Å². The fraction of sp³-hybridized carbons (Fsp3) is 0.300. The van der Waals surface area contributed by atoms with E-state index < -0.39 is 4.92 Å². The molecule has 0 fully saturated rings. The lowest BCUT2D eigenvalue weighted by molar-refractivity contribution is -0.384. The number of hydrogen-bond acceptors (Lipinski definition) is 6. The lowest BCUT2D eigenvalue weighted by atomic mass is 10.2. The first-order valence-corrected chi connectivity index (χ1v) is 9.52. The molecule has 0 bridgehead atoms. The van der Waals surface area contributed by atoms with Gasteiger partial charge in [-0.05, 0) is 37.2 Å². The van der Waals surface area contributed by atoms with Crippen LogP contribution in [0.25, 0.3) is 0 Å². The summed E-state index contributed by atoms with van der Waals surface area (Å²) in [6.45, 7) is 4.12. The standard InChI is InChI=1S/C20H23ClN4O5/c1-4-24(12-20(27)23-17-9-14(21)6-5-13(17)2)11-19(26)22-16-8-7-15(25(28)29)10-18(16)30-3/h5-10H,4,11-12H2,1-3H3,(H,22,26)(H,23,27). The highest BCUT2D eigenvalue weighted by molar-refractivity contribution is 6.31. The second-order valence-corrected chi connectivity index (χ2v) is 6.94. The Hall–Kier alpha value is -3.17. The molecule has 2 N–H and O–H groups in total. The van der Waals surface area contributed by atoms with Crippen molar-refractivity contribution in [3.63, 3.8) is 0 Å². The van der Waals surface area contributed by atoms with Gasteiger partial charge in [0.15, 0.2) is 0 Å². The minimum atomic E-state index is -0.548. The Morgan fingerprint density at radius 2 is 1.73 bits per heavy atom. The van der Waals surface area contributed by atoms with Gasteiger partial charge in [-0.1, -0.05) is 24.6 Å². The van der Waals surface area contributed by atoms with Crippen molar-refractivity contribution >= 4 is 40.5 Å². The fourth-order valence-electron chi connectivity index (χ4n) is 2.69. The second-order valence-electron chi connectivity index (χ2n) is 6.50. The Kier molecular flexibility index (Phi) is 8.14. The number of methoxy groups -OCH3 is 1. The summed E-state index contributed by atoms with van der Waals surface area (Å²) in [5.41, 5.74) is 1.65. The predicted octanol–water partition coefficient (Wildman–Crippen LogP) is 3.46. The number of carbonyl (C=O) groups excluding carboxylic acids is 2. The molecule has 0 saturated carbocycles. The van der Waals surface area contributed by atoms with E-state index in [1.165, 1.54) is 25.3 Å². The Morgan fingerprint density at radius 3 is 2.30 bits per heavy atom. The number of nitro benzene ring substituents is 1. The van der Waals surface area contributed by atoms with Crippen molar-refractivity contribution in [3.8, 4) is 5.75 Å². The van der Waals surface area contributed by atoms with Gasteiger partial charge in [-0.15, -0.1) is 0 Å². The number of halogens is 1. The molecule has 30 heavy (non-hydrogen) atoms. The van der Waals surface area contributed by atoms with Crippen molar-refractivity contribution in [2.45, 2.75) is 13.8 Å². The molecule has 2 amide bonds. The van der Waals surface area contributed by atoms with Gasteiger partial charge in [0.25, 0.3) is 5.69 Å². The molecule has 2 aromatic carbocycles. The predicted molar refractivity (Wildman–Crippen MR) is 115 cm³/mol. The first-order chi connectivity index (χ1) is 14.2. The average molecular weight is 435 g/mol. The second kappa shape index (κ2) is 10.6. The number of carbonyl (C=O) groups is 2. The van der Waals surface area contributed by atoms with Crippen LogP contribution in [-0.2, 0) is 9.59 Å². The molecule has 2 aromatic rings. The number of rotatable bonds is 9. The lowest BCUT2D eigenvalue weighted by Gasteiger charge is -2.20. The van der Waals surface area contributed by atoms with Crippen LogP contribution in [-0.4, -0.2) is 48.4 Å². The maximum atomic E-state index is 12.4. The van der Waals surface area contributed by atoms with Gasteiger partial charge >= 0.3 is 0 Å². The number of nitrogens with zero attached hydrogens (tertiary/aromatic N) is 2. The van der Waals surface area contributed by atoms with Crippen molar-refractivity contribution in [1.82, 2.24) is 4.90 Å². The van der Waals surface area contributed by atoms with Crippen LogP contribution in [0.1, 0.15) is 12.5 Å². The van der Waals surface area contributed by atoms with E-state index in [0.717, 1.165) is 5.56 Å². The maximum Gasteiger partial charge on any atom is 0.273 e. The van der Waals surface area contributed by atoms with Gasteiger partial charge in [-0.2, -0.15) is 0 Å². The van der Waals surface area contributed by atoms with Crippen molar-refractivity contribution < 1.29 is 19.2 Å². The molecular weight excluding hydrogens is 412 g/mol. The van der Waals surface area contributed by atoms with Crippen LogP contribution in [0.5, 0.6) is 5.75 Å². The molecule has 2 rings (SSSR count). The molecule has 0 saturated heterocycles. The maximum absolute atomic E-state index is 12.4. The van der Waals surface area contributed by atoms with Crippen LogP contribution in [0.15, 0.2) is 36.4 Å².